The predicted octanol–water partition coefficient (Wildman–Crippen LogP) is 3.82. The Morgan fingerprint density at radius 1 is 1.21 bits per heavy atom. The standard InChI is InChI=1S/C17H14Cl2N2O3/c1-9(10-2-4-12(18)13(19)6-10)20-17(23)11-3-5-14-15(7-11)24-8-16(22)21-14/h2-7,9H,8H2,1H3,(H,20,23)(H,21,22)/t9-/m1/s1. The summed E-state index contributed by atoms with van der Waals surface area (Å²) >= 11 is 11.9. The van der Waals surface area contributed by atoms with E-state index in [1.54, 1.807) is 30.3 Å². The Balaban J connectivity index is 1.74. The summed E-state index contributed by atoms with van der Waals surface area (Å²) < 4.78 is 5.32. The molecule has 0 spiro atoms. The molecular weight excluding hydrogens is 351 g/mol. The molecule has 2 amide bonds. The molecule has 0 aliphatic carbocycles. The molecular formula is C17H14Cl2N2O3. The van der Waals surface area contributed by atoms with Crippen LogP contribution < -0.4 is 15.4 Å². The van der Waals surface area contributed by atoms with Crippen LogP contribution in [0.4, 0.5) is 5.69 Å². The first kappa shape index (κ1) is 16.6. The van der Waals surface area contributed by atoms with Crippen LogP contribution in [-0.2, 0) is 4.79 Å². The van der Waals surface area contributed by atoms with Gasteiger partial charge in [0.05, 0.1) is 21.8 Å². The summed E-state index contributed by atoms with van der Waals surface area (Å²) in [5.41, 5.74) is 1.84. The van der Waals surface area contributed by atoms with Crippen molar-refractivity contribution in [1.29, 1.82) is 0 Å². The molecule has 2 N–H and O–H groups in total. The van der Waals surface area contributed by atoms with E-state index in [2.05, 4.69) is 10.6 Å². The highest BCUT2D eigenvalue weighted by Gasteiger charge is 2.19. The number of hydrogen-bond acceptors (Lipinski definition) is 3. The zero-order valence-corrected chi connectivity index (χ0v) is 14.2. The fourth-order valence-electron chi connectivity index (χ4n) is 2.36. The summed E-state index contributed by atoms with van der Waals surface area (Å²) in [6.45, 7) is 1.80. The molecule has 7 heteroatoms. The van der Waals surface area contributed by atoms with Gasteiger partial charge in [0, 0.05) is 5.56 Å². The maximum Gasteiger partial charge on any atom is 0.262 e. The fraction of sp³-hybridized carbons (Fsp3) is 0.176. The van der Waals surface area contributed by atoms with E-state index in [-0.39, 0.29) is 24.5 Å². The smallest absolute Gasteiger partial charge is 0.262 e. The topological polar surface area (TPSA) is 67.4 Å². The SMILES string of the molecule is C[C@@H](NC(=O)c1ccc2c(c1)OCC(=O)N2)c1ccc(Cl)c(Cl)c1. The van der Waals surface area contributed by atoms with Crippen molar-refractivity contribution in [1.82, 2.24) is 5.32 Å². The number of carbonyl (C=O) groups excluding carboxylic acids is 2. The largest absolute Gasteiger partial charge is 0.482 e. The lowest BCUT2D eigenvalue weighted by molar-refractivity contribution is -0.118. The lowest BCUT2D eigenvalue weighted by Gasteiger charge is -2.19. The highest BCUT2D eigenvalue weighted by atomic mass is 35.5. The van der Waals surface area contributed by atoms with E-state index >= 15 is 0 Å². The van der Waals surface area contributed by atoms with E-state index < -0.39 is 0 Å². The van der Waals surface area contributed by atoms with Crippen LogP contribution in [-0.4, -0.2) is 18.4 Å². The lowest BCUT2D eigenvalue weighted by Crippen LogP contribution is -2.28. The van der Waals surface area contributed by atoms with Crippen molar-refractivity contribution in [2.45, 2.75) is 13.0 Å². The molecule has 1 aliphatic heterocycles. The first-order chi connectivity index (χ1) is 11.4. The molecule has 0 aromatic heterocycles. The molecule has 0 unspecified atom stereocenters. The molecule has 5 nitrogen and oxygen atoms in total. The van der Waals surface area contributed by atoms with Crippen LogP contribution >= 0.6 is 23.2 Å². The van der Waals surface area contributed by atoms with Gasteiger partial charge in [-0.2, -0.15) is 0 Å². The van der Waals surface area contributed by atoms with E-state index in [4.69, 9.17) is 27.9 Å². The van der Waals surface area contributed by atoms with Gasteiger partial charge in [-0.1, -0.05) is 29.3 Å². The lowest BCUT2D eigenvalue weighted by atomic mass is 10.1. The van der Waals surface area contributed by atoms with Gasteiger partial charge in [-0.15, -0.1) is 0 Å². The zero-order chi connectivity index (χ0) is 17.3. The molecule has 24 heavy (non-hydrogen) atoms. The minimum Gasteiger partial charge on any atom is -0.482 e. The highest BCUT2D eigenvalue weighted by molar-refractivity contribution is 6.42. The van der Waals surface area contributed by atoms with Gasteiger partial charge in [-0.25, -0.2) is 0 Å². The van der Waals surface area contributed by atoms with Crippen LogP contribution in [0.5, 0.6) is 5.75 Å². The van der Waals surface area contributed by atoms with Gasteiger partial charge < -0.3 is 15.4 Å². The van der Waals surface area contributed by atoms with Crippen LogP contribution in [0, 0.1) is 0 Å². The first-order valence-electron chi connectivity index (χ1n) is 7.26. The second-order valence-corrected chi connectivity index (χ2v) is 6.23. The molecule has 1 atom stereocenters. The summed E-state index contributed by atoms with van der Waals surface area (Å²) in [6.07, 6.45) is 0. The molecule has 3 rings (SSSR count). The average molecular weight is 365 g/mol. The van der Waals surface area contributed by atoms with Gasteiger partial charge in [0.15, 0.2) is 6.61 Å². The Labute approximate surface area is 148 Å². The van der Waals surface area contributed by atoms with E-state index in [1.807, 2.05) is 13.0 Å². The number of anilines is 1. The van der Waals surface area contributed by atoms with Gasteiger partial charge >= 0.3 is 0 Å². The summed E-state index contributed by atoms with van der Waals surface area (Å²) in [7, 11) is 0. The predicted molar refractivity (Wildman–Crippen MR) is 92.9 cm³/mol. The van der Waals surface area contributed by atoms with Crippen LogP contribution in [0.15, 0.2) is 36.4 Å². The van der Waals surface area contributed by atoms with Crippen molar-refractivity contribution in [2.75, 3.05) is 11.9 Å². The second kappa shape index (κ2) is 6.71. The van der Waals surface area contributed by atoms with E-state index in [0.717, 1.165) is 5.56 Å². The first-order valence-corrected chi connectivity index (χ1v) is 8.02. The van der Waals surface area contributed by atoms with Crippen LogP contribution in [0.1, 0.15) is 28.9 Å². The zero-order valence-electron chi connectivity index (χ0n) is 12.7. The maximum atomic E-state index is 12.4. The van der Waals surface area contributed by atoms with E-state index in [1.165, 1.54) is 0 Å². The van der Waals surface area contributed by atoms with Crippen molar-refractivity contribution in [3.63, 3.8) is 0 Å². The Hall–Kier alpha value is -2.24. The molecule has 2 aromatic rings. The Bertz CT molecular complexity index is 823. The molecule has 1 aliphatic rings. The fourth-order valence-corrected chi connectivity index (χ4v) is 2.67. The highest BCUT2D eigenvalue weighted by Crippen LogP contribution is 2.29. The van der Waals surface area contributed by atoms with Crippen molar-refractivity contribution in [2.24, 2.45) is 0 Å². The van der Waals surface area contributed by atoms with Crippen LogP contribution in [0.3, 0.4) is 0 Å². The Kier molecular flexibility index (Phi) is 4.64. The van der Waals surface area contributed by atoms with Crippen molar-refractivity contribution in [3.05, 3.63) is 57.6 Å². The average Bonchev–Trinajstić information content (AvgIpc) is 2.56. The Morgan fingerprint density at radius 2 is 2.00 bits per heavy atom. The molecule has 0 bridgehead atoms. The van der Waals surface area contributed by atoms with Crippen molar-refractivity contribution in [3.8, 4) is 5.75 Å². The molecule has 0 saturated carbocycles. The maximum absolute atomic E-state index is 12.4. The van der Waals surface area contributed by atoms with Crippen molar-refractivity contribution < 1.29 is 14.3 Å². The second-order valence-electron chi connectivity index (χ2n) is 5.42. The van der Waals surface area contributed by atoms with E-state index in [0.29, 0.717) is 27.0 Å². The molecule has 0 saturated heterocycles. The number of halogens is 2. The summed E-state index contributed by atoms with van der Waals surface area (Å²) in [4.78, 5) is 23.7. The number of fused-ring (bicyclic) bond motifs is 1. The number of carbonyl (C=O) groups is 2. The quantitative estimate of drug-likeness (QED) is 0.869. The third kappa shape index (κ3) is 3.47. The summed E-state index contributed by atoms with van der Waals surface area (Å²) in [5.74, 6) is 0.00857. The molecule has 1 heterocycles. The summed E-state index contributed by atoms with van der Waals surface area (Å²) in [6, 6.07) is 9.85. The number of rotatable bonds is 3. The minimum absolute atomic E-state index is 0.0578. The van der Waals surface area contributed by atoms with Gasteiger partial charge in [0.2, 0.25) is 0 Å². The number of nitrogens with one attached hydrogen (secondary N) is 2. The monoisotopic (exact) mass is 364 g/mol. The molecule has 2 aromatic carbocycles. The molecule has 0 fully saturated rings. The van der Waals surface area contributed by atoms with Gasteiger partial charge in [0.1, 0.15) is 5.75 Å². The number of hydrogen-bond donors (Lipinski definition) is 2. The minimum atomic E-state index is -0.253. The van der Waals surface area contributed by atoms with Crippen molar-refractivity contribution >= 4 is 40.7 Å². The van der Waals surface area contributed by atoms with Crippen LogP contribution in [0.25, 0.3) is 0 Å². The van der Waals surface area contributed by atoms with Gasteiger partial charge in [0.25, 0.3) is 11.8 Å². The Morgan fingerprint density at radius 3 is 2.75 bits per heavy atom. The number of ether oxygens (including phenoxy) is 1. The van der Waals surface area contributed by atoms with E-state index in [9.17, 15) is 9.59 Å². The third-order valence-corrected chi connectivity index (χ3v) is 4.41. The van der Waals surface area contributed by atoms with Crippen LogP contribution in [0.2, 0.25) is 10.0 Å². The summed E-state index contributed by atoms with van der Waals surface area (Å²) in [5, 5.41) is 6.48. The van der Waals surface area contributed by atoms with Gasteiger partial charge in [-0.3, -0.25) is 9.59 Å². The van der Waals surface area contributed by atoms with Gasteiger partial charge in [-0.05, 0) is 42.8 Å². The molecule has 0 radical (unpaired) electrons. The molecule has 124 valence electrons. The number of amides is 2. The third-order valence-electron chi connectivity index (χ3n) is 3.67. The normalized spacial score (nSPS) is 14.2. The number of benzene rings is 2.